The van der Waals surface area contributed by atoms with Crippen molar-refractivity contribution in [2.75, 3.05) is 58.4 Å². The lowest BCUT2D eigenvalue weighted by Crippen LogP contribution is -2.51. The van der Waals surface area contributed by atoms with Gasteiger partial charge in [-0.15, -0.1) is 24.0 Å². The third-order valence-electron chi connectivity index (χ3n) is 5.35. The second kappa shape index (κ2) is 10.3. The van der Waals surface area contributed by atoms with Crippen LogP contribution >= 0.6 is 35.7 Å². The molecule has 0 amide bonds. The SMILES string of the molecule is CCNC(=NCC1(N(C)C)CCSC1)N1CCOC(c2cnn(C)c2)C1.I. The van der Waals surface area contributed by atoms with Gasteiger partial charge in [0.05, 0.1) is 25.9 Å². The van der Waals surface area contributed by atoms with Crippen LogP contribution in [0.3, 0.4) is 0 Å². The summed E-state index contributed by atoms with van der Waals surface area (Å²) >= 11 is 2.04. The number of guanidine groups is 1. The van der Waals surface area contributed by atoms with Crippen molar-refractivity contribution in [2.24, 2.45) is 12.0 Å². The van der Waals surface area contributed by atoms with Crippen molar-refractivity contribution in [3.8, 4) is 0 Å². The van der Waals surface area contributed by atoms with Gasteiger partial charge in [0.25, 0.3) is 0 Å². The van der Waals surface area contributed by atoms with Gasteiger partial charge in [-0.25, -0.2) is 0 Å². The van der Waals surface area contributed by atoms with Gasteiger partial charge in [-0.05, 0) is 33.2 Å². The van der Waals surface area contributed by atoms with Crippen molar-refractivity contribution in [1.29, 1.82) is 0 Å². The molecule has 2 aliphatic rings. The molecule has 0 saturated carbocycles. The summed E-state index contributed by atoms with van der Waals surface area (Å²) in [7, 11) is 6.30. The molecule has 2 saturated heterocycles. The molecule has 0 bridgehead atoms. The second-order valence-electron chi connectivity index (χ2n) is 7.34. The van der Waals surface area contributed by atoms with Crippen LogP contribution in [0.4, 0.5) is 0 Å². The molecular weight excluding hydrogens is 475 g/mol. The van der Waals surface area contributed by atoms with E-state index in [0.29, 0.717) is 6.61 Å². The van der Waals surface area contributed by atoms with Gasteiger partial charge in [0.15, 0.2) is 5.96 Å². The summed E-state index contributed by atoms with van der Waals surface area (Å²) in [6.07, 6.45) is 5.19. The summed E-state index contributed by atoms with van der Waals surface area (Å²) in [5.41, 5.74) is 1.31. The van der Waals surface area contributed by atoms with Crippen LogP contribution < -0.4 is 5.32 Å². The molecule has 3 rings (SSSR count). The van der Waals surface area contributed by atoms with Crippen LogP contribution in [0.15, 0.2) is 17.4 Å². The van der Waals surface area contributed by atoms with E-state index in [0.717, 1.165) is 43.5 Å². The largest absolute Gasteiger partial charge is 0.370 e. The van der Waals surface area contributed by atoms with E-state index in [2.05, 4.69) is 41.2 Å². The third kappa shape index (κ3) is 5.51. The maximum absolute atomic E-state index is 5.98. The fourth-order valence-corrected chi connectivity index (χ4v) is 5.06. The van der Waals surface area contributed by atoms with Crippen LogP contribution in [0.25, 0.3) is 0 Å². The van der Waals surface area contributed by atoms with Crippen LogP contribution in [0, 0.1) is 0 Å². The standard InChI is InChI=1S/C18H32N6OS.HI/c1-5-19-17(20-13-18(22(2)3)6-9-26-14-18)24-7-8-25-16(12-24)15-10-21-23(4)11-15;/h10-11,16H,5-9,12-14H2,1-4H3,(H,19,20);1H. The summed E-state index contributed by atoms with van der Waals surface area (Å²) in [4.78, 5) is 9.73. The van der Waals surface area contributed by atoms with Gasteiger partial charge in [0, 0.05) is 43.2 Å². The number of hydrogen-bond acceptors (Lipinski definition) is 5. The minimum atomic E-state index is 0. The first kappa shape index (κ1) is 22.8. The molecule has 0 spiro atoms. The number of aromatic nitrogens is 2. The van der Waals surface area contributed by atoms with E-state index in [9.17, 15) is 0 Å². The maximum Gasteiger partial charge on any atom is 0.194 e. The Bertz CT molecular complexity index is 617. The number of morpholine rings is 1. The summed E-state index contributed by atoms with van der Waals surface area (Å²) in [5.74, 6) is 3.39. The Kier molecular flexibility index (Phi) is 8.70. The van der Waals surface area contributed by atoms with Crippen molar-refractivity contribution in [1.82, 2.24) is 24.9 Å². The number of hydrogen-bond donors (Lipinski definition) is 1. The monoisotopic (exact) mass is 508 g/mol. The molecule has 1 aromatic rings. The average Bonchev–Trinajstić information content (AvgIpc) is 3.28. The van der Waals surface area contributed by atoms with Crippen LogP contribution in [-0.4, -0.2) is 89.5 Å². The third-order valence-corrected chi connectivity index (χ3v) is 6.59. The Morgan fingerprint density at radius 1 is 1.52 bits per heavy atom. The lowest BCUT2D eigenvalue weighted by molar-refractivity contribution is -0.00812. The number of ether oxygens (including phenoxy) is 1. The number of aryl methyl sites for hydroxylation is 1. The van der Waals surface area contributed by atoms with Crippen molar-refractivity contribution < 1.29 is 4.74 Å². The Morgan fingerprint density at radius 2 is 2.33 bits per heavy atom. The molecule has 2 atom stereocenters. The van der Waals surface area contributed by atoms with Crippen LogP contribution in [-0.2, 0) is 11.8 Å². The van der Waals surface area contributed by atoms with Gasteiger partial charge in [-0.1, -0.05) is 0 Å². The molecule has 2 fully saturated rings. The van der Waals surface area contributed by atoms with Crippen LogP contribution in [0.5, 0.6) is 0 Å². The van der Waals surface area contributed by atoms with Gasteiger partial charge in [0.2, 0.25) is 0 Å². The number of nitrogens with zero attached hydrogens (tertiary/aromatic N) is 5. The van der Waals surface area contributed by atoms with E-state index in [1.165, 1.54) is 12.2 Å². The molecule has 2 unspecified atom stereocenters. The fourth-order valence-electron chi connectivity index (χ4n) is 3.51. The zero-order valence-electron chi connectivity index (χ0n) is 16.8. The number of likely N-dealkylation sites (N-methyl/N-ethyl adjacent to an activating group) is 1. The van der Waals surface area contributed by atoms with E-state index in [1.807, 2.05) is 35.9 Å². The smallest absolute Gasteiger partial charge is 0.194 e. The van der Waals surface area contributed by atoms with E-state index in [-0.39, 0.29) is 35.6 Å². The quantitative estimate of drug-likeness (QED) is 0.372. The van der Waals surface area contributed by atoms with Gasteiger partial charge >= 0.3 is 0 Å². The maximum atomic E-state index is 5.98. The summed E-state index contributed by atoms with van der Waals surface area (Å²) in [6.45, 7) is 6.22. The van der Waals surface area contributed by atoms with E-state index >= 15 is 0 Å². The molecule has 0 radical (unpaired) electrons. The van der Waals surface area contributed by atoms with E-state index in [1.54, 1.807) is 0 Å². The number of nitrogens with one attached hydrogen (secondary N) is 1. The lowest BCUT2D eigenvalue weighted by Gasteiger charge is -2.37. The first-order valence-corrected chi connectivity index (χ1v) is 10.6. The molecule has 7 nitrogen and oxygen atoms in total. The minimum Gasteiger partial charge on any atom is -0.370 e. The van der Waals surface area contributed by atoms with Crippen LogP contribution in [0.1, 0.15) is 25.0 Å². The van der Waals surface area contributed by atoms with Crippen LogP contribution in [0.2, 0.25) is 0 Å². The van der Waals surface area contributed by atoms with Gasteiger partial charge in [-0.3, -0.25) is 9.67 Å². The molecule has 154 valence electrons. The molecule has 0 aliphatic carbocycles. The Hall–Kier alpha value is -0.520. The Morgan fingerprint density at radius 3 is 2.93 bits per heavy atom. The molecular formula is C18H33IN6OS. The Labute approximate surface area is 184 Å². The molecule has 1 aromatic heterocycles. The first-order valence-electron chi connectivity index (χ1n) is 9.42. The topological polar surface area (TPSA) is 57.9 Å². The molecule has 9 heteroatoms. The van der Waals surface area contributed by atoms with Crippen molar-refractivity contribution in [2.45, 2.75) is 25.0 Å². The van der Waals surface area contributed by atoms with E-state index in [4.69, 9.17) is 9.73 Å². The zero-order valence-corrected chi connectivity index (χ0v) is 20.0. The number of halogens is 1. The lowest BCUT2D eigenvalue weighted by atomic mass is 9.98. The number of rotatable bonds is 5. The zero-order chi connectivity index (χ0) is 18.6. The van der Waals surface area contributed by atoms with Crippen molar-refractivity contribution in [3.05, 3.63) is 18.0 Å². The summed E-state index contributed by atoms with van der Waals surface area (Å²) < 4.78 is 7.81. The molecule has 2 aliphatic heterocycles. The molecule has 3 heterocycles. The Balaban J connectivity index is 0.00000261. The molecule has 1 N–H and O–H groups in total. The fraction of sp³-hybridized carbons (Fsp3) is 0.778. The van der Waals surface area contributed by atoms with Gasteiger partial charge in [0.1, 0.15) is 6.10 Å². The van der Waals surface area contributed by atoms with Crippen molar-refractivity contribution in [3.63, 3.8) is 0 Å². The highest BCUT2D eigenvalue weighted by molar-refractivity contribution is 14.0. The predicted octanol–water partition coefficient (Wildman–Crippen LogP) is 1.81. The van der Waals surface area contributed by atoms with Gasteiger partial charge < -0.3 is 19.9 Å². The normalized spacial score (nSPS) is 26.3. The van der Waals surface area contributed by atoms with Crippen molar-refractivity contribution >= 4 is 41.7 Å². The highest BCUT2D eigenvalue weighted by Gasteiger charge is 2.37. The second-order valence-corrected chi connectivity index (χ2v) is 8.45. The average molecular weight is 508 g/mol. The first-order chi connectivity index (χ1) is 12.5. The van der Waals surface area contributed by atoms with E-state index < -0.39 is 0 Å². The molecule has 0 aromatic carbocycles. The molecule has 27 heavy (non-hydrogen) atoms. The van der Waals surface area contributed by atoms with Gasteiger partial charge in [-0.2, -0.15) is 16.9 Å². The predicted molar refractivity (Wildman–Crippen MR) is 123 cm³/mol. The highest BCUT2D eigenvalue weighted by Crippen LogP contribution is 2.32. The number of aliphatic imine (C=N–C) groups is 1. The highest BCUT2D eigenvalue weighted by atomic mass is 127. The summed E-state index contributed by atoms with van der Waals surface area (Å²) in [5, 5.41) is 7.76. The number of thioether (sulfide) groups is 1. The minimum absolute atomic E-state index is 0. The summed E-state index contributed by atoms with van der Waals surface area (Å²) in [6, 6.07) is 0.